The van der Waals surface area contributed by atoms with Gasteiger partial charge in [0.25, 0.3) is 0 Å². The van der Waals surface area contributed by atoms with Crippen LogP contribution in [0.5, 0.6) is 5.75 Å². The molecule has 1 amide bonds. The van der Waals surface area contributed by atoms with Gasteiger partial charge >= 0.3 is 0 Å². The molecule has 2 heterocycles. The number of rotatable bonds is 3. The third kappa shape index (κ3) is 2.87. The normalized spacial score (nSPS) is 23.4. The number of thioether (sulfide) groups is 1. The van der Waals surface area contributed by atoms with Gasteiger partial charge in [-0.15, -0.1) is 0 Å². The average Bonchev–Trinajstić information content (AvgIpc) is 3.06. The predicted molar refractivity (Wildman–Crippen MR) is 104 cm³/mol. The van der Waals surface area contributed by atoms with Gasteiger partial charge in [0.2, 0.25) is 5.91 Å². The molecular weight excluding hydrogens is 384 g/mol. The topological polar surface area (TPSA) is 67.9 Å². The summed E-state index contributed by atoms with van der Waals surface area (Å²) in [6, 6.07) is 10.8. The Labute approximate surface area is 165 Å². The van der Waals surface area contributed by atoms with Gasteiger partial charge in [0.1, 0.15) is 22.4 Å². The van der Waals surface area contributed by atoms with E-state index < -0.39 is 16.5 Å². The number of nitrogens with two attached hydrogens (primary N) is 1. The Kier molecular flexibility index (Phi) is 4.84. The molecule has 4 rings (SSSR count). The van der Waals surface area contributed by atoms with E-state index in [1.807, 2.05) is 24.3 Å². The molecule has 0 radical (unpaired) electrons. The number of ether oxygens (including phenoxy) is 1. The maximum Gasteiger partial charge on any atom is 0.241 e. The summed E-state index contributed by atoms with van der Waals surface area (Å²) in [5, 5.41) is 6.19. The molecule has 0 unspecified atom stereocenters. The van der Waals surface area contributed by atoms with Gasteiger partial charge in [-0.25, -0.2) is 13.8 Å². The van der Waals surface area contributed by atoms with Crippen LogP contribution in [0.3, 0.4) is 0 Å². The number of fused-ring (bicyclic) bond motifs is 2. The number of halogens is 2. The lowest BCUT2D eigenvalue weighted by atomic mass is 9.86. The quantitative estimate of drug-likeness (QED) is 0.853. The van der Waals surface area contributed by atoms with E-state index >= 15 is 0 Å². The molecule has 0 bridgehead atoms. The molecule has 2 aromatic rings. The lowest BCUT2D eigenvalue weighted by Gasteiger charge is -2.45. The molecule has 5 nitrogen and oxygen atoms in total. The number of hydrogen-bond donors (Lipinski definition) is 1. The van der Waals surface area contributed by atoms with Gasteiger partial charge in [-0.1, -0.05) is 30.0 Å². The van der Waals surface area contributed by atoms with Crippen molar-refractivity contribution >= 4 is 22.7 Å². The Hall–Kier alpha value is -2.45. The number of para-hydroxylation sites is 1. The fraction of sp³-hybridized carbons (Fsp3) is 0.300. The van der Waals surface area contributed by atoms with Crippen LogP contribution in [-0.2, 0) is 9.67 Å². The van der Waals surface area contributed by atoms with Crippen molar-refractivity contribution in [2.75, 3.05) is 13.2 Å². The molecule has 2 atom stereocenters. The molecule has 0 aliphatic carbocycles. The Bertz CT molecular complexity index is 968. The lowest BCUT2D eigenvalue weighted by molar-refractivity contribution is -0.134. The lowest BCUT2D eigenvalue weighted by Crippen LogP contribution is -2.51. The summed E-state index contributed by atoms with van der Waals surface area (Å²) in [5.41, 5.74) is 6.78. The number of amides is 1. The van der Waals surface area contributed by atoms with Gasteiger partial charge in [0, 0.05) is 30.0 Å². The number of nitrogens with zero attached hydrogens (tertiary/aromatic N) is 2. The maximum absolute atomic E-state index is 14.4. The Morgan fingerprint density at radius 1 is 1.36 bits per heavy atom. The molecule has 0 saturated carbocycles. The highest BCUT2D eigenvalue weighted by Gasteiger charge is 2.56. The number of hydrazone groups is 1. The van der Waals surface area contributed by atoms with Crippen molar-refractivity contribution < 1.29 is 18.3 Å². The van der Waals surface area contributed by atoms with E-state index in [0.717, 1.165) is 11.6 Å². The van der Waals surface area contributed by atoms with Crippen LogP contribution in [0.25, 0.3) is 0 Å². The number of carbonyl (C=O) groups is 1. The van der Waals surface area contributed by atoms with Crippen molar-refractivity contribution in [1.82, 2.24) is 5.01 Å². The Morgan fingerprint density at radius 2 is 2.14 bits per heavy atom. The maximum atomic E-state index is 14.4. The zero-order chi connectivity index (χ0) is 19.9. The average molecular weight is 403 g/mol. The van der Waals surface area contributed by atoms with E-state index in [0.29, 0.717) is 30.4 Å². The molecule has 0 saturated heterocycles. The Morgan fingerprint density at radius 3 is 2.86 bits per heavy atom. The molecular formula is C20H19F2N3O2S. The van der Waals surface area contributed by atoms with Gasteiger partial charge in [-0.3, -0.25) is 4.79 Å². The Balaban J connectivity index is 1.88. The summed E-state index contributed by atoms with van der Waals surface area (Å²) in [5.74, 6) is -1.15. The van der Waals surface area contributed by atoms with E-state index in [1.54, 1.807) is 0 Å². The minimum absolute atomic E-state index is 0.147. The van der Waals surface area contributed by atoms with Gasteiger partial charge < -0.3 is 10.5 Å². The van der Waals surface area contributed by atoms with E-state index in [9.17, 15) is 13.6 Å². The van der Waals surface area contributed by atoms with Crippen LogP contribution in [0, 0.1) is 17.6 Å². The van der Waals surface area contributed by atoms with Crippen molar-refractivity contribution in [3.05, 3.63) is 65.2 Å². The highest BCUT2D eigenvalue weighted by Crippen LogP contribution is 2.57. The standard InChI is InChI=1S/C20H19F2N3O2S/c1-12(26)25-20(28-19(24-25)15-7-6-14(21)10-17(15)22)13(8-9-23)11-27-18-5-3-2-4-16(18)20/h2-7,10,13H,8-9,11,23H2,1H3/t13-,20-/m0/s1. The van der Waals surface area contributed by atoms with Crippen LogP contribution in [0.15, 0.2) is 47.6 Å². The minimum Gasteiger partial charge on any atom is -0.493 e. The van der Waals surface area contributed by atoms with Gasteiger partial charge in [-0.05, 0) is 31.2 Å². The molecule has 2 aliphatic heterocycles. The first-order valence-corrected chi connectivity index (χ1v) is 9.75. The van der Waals surface area contributed by atoms with E-state index in [1.165, 1.54) is 35.8 Å². The number of benzene rings is 2. The fourth-order valence-electron chi connectivity index (χ4n) is 3.77. The van der Waals surface area contributed by atoms with Crippen molar-refractivity contribution in [2.24, 2.45) is 16.8 Å². The predicted octanol–water partition coefficient (Wildman–Crippen LogP) is 3.43. The first-order chi connectivity index (χ1) is 13.5. The smallest absolute Gasteiger partial charge is 0.241 e. The summed E-state index contributed by atoms with van der Waals surface area (Å²) in [6.45, 7) is 2.19. The first kappa shape index (κ1) is 18.9. The van der Waals surface area contributed by atoms with E-state index in [2.05, 4.69) is 5.10 Å². The second-order valence-electron chi connectivity index (χ2n) is 6.74. The first-order valence-electron chi connectivity index (χ1n) is 8.93. The zero-order valence-corrected chi connectivity index (χ0v) is 16.0. The van der Waals surface area contributed by atoms with Crippen molar-refractivity contribution in [3.63, 3.8) is 0 Å². The van der Waals surface area contributed by atoms with Crippen LogP contribution < -0.4 is 10.5 Å². The molecule has 1 spiro atoms. The van der Waals surface area contributed by atoms with Crippen LogP contribution in [-0.4, -0.2) is 29.1 Å². The highest BCUT2D eigenvalue weighted by atomic mass is 32.2. The van der Waals surface area contributed by atoms with Crippen LogP contribution in [0.1, 0.15) is 24.5 Å². The number of carbonyl (C=O) groups excluding carboxylic acids is 1. The molecule has 8 heteroatoms. The van der Waals surface area contributed by atoms with Crippen molar-refractivity contribution in [2.45, 2.75) is 18.2 Å². The molecule has 0 fully saturated rings. The van der Waals surface area contributed by atoms with Crippen LogP contribution >= 0.6 is 11.8 Å². The van der Waals surface area contributed by atoms with Crippen LogP contribution in [0.2, 0.25) is 0 Å². The molecule has 0 aromatic heterocycles. The molecule has 2 aliphatic rings. The summed E-state index contributed by atoms with van der Waals surface area (Å²) >= 11 is 1.29. The second-order valence-corrected chi connectivity index (χ2v) is 7.95. The van der Waals surface area contributed by atoms with Crippen LogP contribution in [0.4, 0.5) is 8.78 Å². The molecule has 28 heavy (non-hydrogen) atoms. The largest absolute Gasteiger partial charge is 0.493 e. The summed E-state index contributed by atoms with van der Waals surface area (Å²) in [6.07, 6.45) is 0.597. The highest BCUT2D eigenvalue weighted by molar-refractivity contribution is 8.15. The third-order valence-corrected chi connectivity index (χ3v) is 6.53. The van der Waals surface area contributed by atoms with Crippen molar-refractivity contribution in [3.8, 4) is 5.75 Å². The third-order valence-electron chi connectivity index (χ3n) is 5.00. The monoisotopic (exact) mass is 403 g/mol. The molecule has 2 aromatic carbocycles. The second kappa shape index (κ2) is 7.18. The summed E-state index contributed by atoms with van der Waals surface area (Å²) in [4.78, 5) is 11.7. The fourth-order valence-corrected chi connectivity index (χ4v) is 5.35. The molecule has 2 N–H and O–H groups in total. The number of hydrogen-bond acceptors (Lipinski definition) is 5. The van der Waals surface area contributed by atoms with Gasteiger partial charge in [0.05, 0.1) is 6.61 Å². The van der Waals surface area contributed by atoms with Gasteiger partial charge in [-0.2, -0.15) is 5.10 Å². The molecule has 146 valence electrons. The SMILES string of the molecule is CC(=O)N1N=C(c2ccc(F)cc2F)S[C@@]12c1ccccc1OC[C@@H]2CCN. The summed E-state index contributed by atoms with van der Waals surface area (Å²) < 4.78 is 33.7. The van der Waals surface area contributed by atoms with E-state index in [4.69, 9.17) is 10.5 Å². The minimum atomic E-state index is -0.893. The summed E-state index contributed by atoms with van der Waals surface area (Å²) in [7, 11) is 0. The van der Waals surface area contributed by atoms with Gasteiger partial charge in [0.15, 0.2) is 4.87 Å². The van der Waals surface area contributed by atoms with E-state index in [-0.39, 0.29) is 17.4 Å². The van der Waals surface area contributed by atoms with Crippen molar-refractivity contribution in [1.29, 1.82) is 0 Å². The zero-order valence-electron chi connectivity index (χ0n) is 15.2.